The topological polar surface area (TPSA) is 76.1 Å². The molecule has 0 bridgehead atoms. The molecule has 4 nitrogen and oxygen atoms in total. The standard InChI is InChI=1S/C16H14N2O2S/c1-20-16(19)14-13(21-2)8-11(12(9-17)15(14)18)10-6-4-3-5-7-10/h3-8H,18H2,1-2H3. The molecule has 0 aromatic heterocycles. The molecule has 0 aliphatic carbocycles. The van der Waals surface area contributed by atoms with Crippen LogP contribution in [0.2, 0.25) is 0 Å². The van der Waals surface area contributed by atoms with Crippen molar-refractivity contribution in [1.82, 2.24) is 0 Å². The lowest BCUT2D eigenvalue weighted by Gasteiger charge is -2.14. The van der Waals surface area contributed by atoms with Gasteiger partial charge >= 0.3 is 5.97 Å². The number of hydrogen-bond acceptors (Lipinski definition) is 5. The first-order valence-electron chi connectivity index (χ1n) is 6.18. The lowest BCUT2D eigenvalue weighted by Crippen LogP contribution is -2.10. The van der Waals surface area contributed by atoms with Gasteiger partial charge in [-0.2, -0.15) is 5.26 Å². The summed E-state index contributed by atoms with van der Waals surface area (Å²) in [6.45, 7) is 0. The number of hydrogen-bond donors (Lipinski definition) is 1. The highest BCUT2D eigenvalue weighted by atomic mass is 32.2. The minimum absolute atomic E-state index is 0.162. The van der Waals surface area contributed by atoms with E-state index in [0.29, 0.717) is 16.0 Å². The van der Waals surface area contributed by atoms with Gasteiger partial charge in [-0.05, 0) is 17.9 Å². The van der Waals surface area contributed by atoms with Crippen LogP contribution in [0.4, 0.5) is 5.69 Å². The Balaban J connectivity index is 2.78. The van der Waals surface area contributed by atoms with Gasteiger partial charge in [0, 0.05) is 10.5 Å². The summed E-state index contributed by atoms with van der Waals surface area (Å²) in [5.74, 6) is -0.534. The number of carbonyl (C=O) groups excluding carboxylic acids is 1. The summed E-state index contributed by atoms with van der Waals surface area (Å²) in [6, 6.07) is 13.4. The lowest BCUT2D eigenvalue weighted by molar-refractivity contribution is 0.0598. The summed E-state index contributed by atoms with van der Waals surface area (Å²) < 4.78 is 4.76. The fraction of sp³-hybridized carbons (Fsp3) is 0.125. The molecule has 2 aromatic rings. The normalized spacial score (nSPS) is 9.95. The maximum Gasteiger partial charge on any atom is 0.341 e. The molecule has 0 heterocycles. The molecule has 2 aromatic carbocycles. The van der Waals surface area contributed by atoms with E-state index in [2.05, 4.69) is 6.07 Å². The number of ether oxygens (including phenoxy) is 1. The molecule has 0 spiro atoms. The van der Waals surface area contributed by atoms with E-state index in [1.54, 1.807) is 6.07 Å². The van der Waals surface area contributed by atoms with Crippen LogP contribution in [0.3, 0.4) is 0 Å². The van der Waals surface area contributed by atoms with Crippen molar-refractivity contribution in [2.24, 2.45) is 0 Å². The van der Waals surface area contributed by atoms with E-state index >= 15 is 0 Å². The Kier molecular flexibility index (Phi) is 4.51. The van der Waals surface area contributed by atoms with E-state index < -0.39 is 5.97 Å². The number of nitriles is 1. The minimum atomic E-state index is -0.534. The third kappa shape index (κ3) is 2.71. The zero-order valence-electron chi connectivity index (χ0n) is 11.7. The van der Waals surface area contributed by atoms with Crippen molar-refractivity contribution in [3.05, 3.63) is 47.5 Å². The first-order chi connectivity index (χ1) is 10.1. The monoisotopic (exact) mass is 298 g/mol. The Hall–Kier alpha value is -2.45. The molecule has 5 heteroatoms. The van der Waals surface area contributed by atoms with Crippen molar-refractivity contribution < 1.29 is 9.53 Å². The molecule has 2 N–H and O–H groups in total. The summed E-state index contributed by atoms with van der Waals surface area (Å²) in [7, 11) is 1.29. The number of methoxy groups -OCH3 is 1. The minimum Gasteiger partial charge on any atom is -0.465 e. The number of nitrogens with two attached hydrogens (primary N) is 1. The largest absolute Gasteiger partial charge is 0.465 e. The summed E-state index contributed by atoms with van der Waals surface area (Å²) in [6.07, 6.45) is 1.85. The van der Waals surface area contributed by atoms with E-state index in [0.717, 1.165) is 5.56 Å². The molecule has 0 saturated heterocycles. The molecule has 0 radical (unpaired) electrons. The maximum absolute atomic E-state index is 11.9. The van der Waals surface area contributed by atoms with Crippen molar-refractivity contribution >= 4 is 23.4 Å². The molecule has 0 atom stereocenters. The van der Waals surface area contributed by atoms with Gasteiger partial charge in [0.25, 0.3) is 0 Å². The number of carbonyl (C=O) groups is 1. The van der Waals surface area contributed by atoms with Crippen LogP contribution in [-0.4, -0.2) is 19.3 Å². The van der Waals surface area contributed by atoms with Gasteiger partial charge in [-0.15, -0.1) is 11.8 Å². The second-order valence-electron chi connectivity index (χ2n) is 4.26. The summed E-state index contributed by atoms with van der Waals surface area (Å²) in [5, 5.41) is 9.41. The van der Waals surface area contributed by atoms with Crippen molar-refractivity contribution in [1.29, 1.82) is 5.26 Å². The number of benzene rings is 2. The predicted molar refractivity (Wildman–Crippen MR) is 84.1 cm³/mol. The van der Waals surface area contributed by atoms with Crippen LogP contribution in [0.1, 0.15) is 15.9 Å². The van der Waals surface area contributed by atoms with Crippen molar-refractivity contribution in [3.8, 4) is 17.2 Å². The van der Waals surface area contributed by atoms with Crippen LogP contribution in [0.15, 0.2) is 41.3 Å². The highest BCUT2D eigenvalue weighted by Gasteiger charge is 2.22. The summed E-state index contributed by atoms with van der Waals surface area (Å²) >= 11 is 1.39. The predicted octanol–water partition coefficient (Wildman–Crippen LogP) is 3.32. The molecule has 0 fully saturated rings. The van der Waals surface area contributed by atoms with Gasteiger partial charge in [0.15, 0.2) is 0 Å². The van der Waals surface area contributed by atoms with Crippen LogP contribution < -0.4 is 5.73 Å². The van der Waals surface area contributed by atoms with Crippen LogP contribution in [-0.2, 0) is 4.74 Å². The van der Waals surface area contributed by atoms with Gasteiger partial charge in [0.1, 0.15) is 6.07 Å². The van der Waals surface area contributed by atoms with Crippen molar-refractivity contribution in [2.75, 3.05) is 19.1 Å². The lowest BCUT2D eigenvalue weighted by atomic mass is 9.96. The Labute approximate surface area is 127 Å². The Morgan fingerprint density at radius 1 is 1.33 bits per heavy atom. The Morgan fingerprint density at radius 2 is 2.00 bits per heavy atom. The van der Waals surface area contributed by atoms with E-state index in [4.69, 9.17) is 10.5 Å². The van der Waals surface area contributed by atoms with E-state index in [-0.39, 0.29) is 11.3 Å². The van der Waals surface area contributed by atoms with E-state index in [1.165, 1.54) is 18.9 Å². The fourth-order valence-electron chi connectivity index (χ4n) is 2.12. The van der Waals surface area contributed by atoms with Crippen LogP contribution >= 0.6 is 11.8 Å². The number of nitrogens with zero attached hydrogens (tertiary/aromatic N) is 1. The molecule has 0 aliphatic heterocycles. The van der Waals surface area contributed by atoms with Gasteiger partial charge in [0.05, 0.1) is 23.9 Å². The molecule has 0 unspecified atom stereocenters. The van der Waals surface area contributed by atoms with Crippen LogP contribution in [0, 0.1) is 11.3 Å². The molecule has 0 amide bonds. The number of rotatable bonds is 3. The number of thioether (sulfide) groups is 1. The number of anilines is 1. The number of esters is 1. The average molecular weight is 298 g/mol. The Bertz CT molecular complexity index is 721. The first-order valence-corrected chi connectivity index (χ1v) is 7.40. The molecule has 2 rings (SSSR count). The van der Waals surface area contributed by atoms with E-state index in [9.17, 15) is 10.1 Å². The van der Waals surface area contributed by atoms with Gasteiger partial charge in [-0.3, -0.25) is 0 Å². The van der Waals surface area contributed by atoms with Crippen LogP contribution in [0.25, 0.3) is 11.1 Å². The molecular formula is C16H14N2O2S. The zero-order valence-corrected chi connectivity index (χ0v) is 12.5. The highest BCUT2D eigenvalue weighted by molar-refractivity contribution is 7.98. The van der Waals surface area contributed by atoms with Crippen LogP contribution in [0.5, 0.6) is 0 Å². The van der Waals surface area contributed by atoms with E-state index in [1.807, 2.05) is 36.6 Å². The average Bonchev–Trinajstić information content (AvgIpc) is 2.53. The van der Waals surface area contributed by atoms with Crippen molar-refractivity contribution in [2.45, 2.75) is 4.90 Å². The summed E-state index contributed by atoms with van der Waals surface area (Å²) in [4.78, 5) is 12.6. The second-order valence-corrected chi connectivity index (χ2v) is 5.11. The van der Waals surface area contributed by atoms with Gasteiger partial charge in [-0.25, -0.2) is 4.79 Å². The second kappa shape index (κ2) is 6.33. The third-order valence-corrected chi connectivity index (χ3v) is 3.90. The zero-order chi connectivity index (χ0) is 15.4. The molecule has 0 saturated carbocycles. The van der Waals surface area contributed by atoms with Crippen molar-refractivity contribution in [3.63, 3.8) is 0 Å². The maximum atomic E-state index is 11.9. The smallest absolute Gasteiger partial charge is 0.341 e. The first kappa shape index (κ1) is 14.9. The van der Waals surface area contributed by atoms with Gasteiger partial charge in [-0.1, -0.05) is 30.3 Å². The molecular weight excluding hydrogens is 284 g/mol. The summed E-state index contributed by atoms with van der Waals surface area (Å²) in [5.41, 5.74) is 8.35. The quantitative estimate of drug-likeness (QED) is 0.534. The highest BCUT2D eigenvalue weighted by Crippen LogP contribution is 2.36. The SMILES string of the molecule is COC(=O)c1c(SC)cc(-c2ccccc2)c(C#N)c1N. The third-order valence-electron chi connectivity index (χ3n) is 3.14. The Morgan fingerprint density at radius 3 is 2.52 bits per heavy atom. The molecule has 0 aliphatic rings. The van der Waals surface area contributed by atoms with Gasteiger partial charge < -0.3 is 10.5 Å². The van der Waals surface area contributed by atoms with Gasteiger partial charge in [0.2, 0.25) is 0 Å². The fourth-order valence-corrected chi connectivity index (χ4v) is 2.75. The molecule has 21 heavy (non-hydrogen) atoms. The number of nitrogen functional groups attached to an aromatic ring is 1. The molecule has 106 valence electrons.